The van der Waals surface area contributed by atoms with E-state index in [1.165, 1.54) is 6.92 Å². The normalized spacial score (nSPS) is 11.0. The molecule has 0 fully saturated rings. The Morgan fingerprint density at radius 3 is 2.08 bits per heavy atom. The lowest BCUT2D eigenvalue weighted by Gasteiger charge is -2.30. The molecule has 0 radical (unpaired) electrons. The summed E-state index contributed by atoms with van der Waals surface area (Å²) in [6.07, 6.45) is -0.0639. The van der Waals surface area contributed by atoms with Gasteiger partial charge in [-0.3, -0.25) is 4.79 Å². The summed E-state index contributed by atoms with van der Waals surface area (Å²) in [6.45, 7) is 4.68. The van der Waals surface area contributed by atoms with Crippen molar-refractivity contribution in [3.05, 3.63) is 48.0 Å². The fraction of sp³-hybridized carbons (Fsp3) is 0.350. The van der Waals surface area contributed by atoms with Crippen molar-refractivity contribution in [1.29, 1.82) is 0 Å². The molecule has 0 aliphatic carbocycles. The van der Waals surface area contributed by atoms with Gasteiger partial charge in [0.1, 0.15) is 0 Å². The number of hydrogen-bond acceptors (Lipinski definition) is 5. The third kappa shape index (κ3) is 4.02. The van der Waals surface area contributed by atoms with Crippen LogP contribution >= 0.6 is 0 Å². The summed E-state index contributed by atoms with van der Waals surface area (Å²) >= 11 is 0. The van der Waals surface area contributed by atoms with E-state index in [4.69, 9.17) is 9.47 Å². The molecule has 1 amide bonds. The first-order chi connectivity index (χ1) is 12.4. The monoisotopic (exact) mass is 357 g/mol. The van der Waals surface area contributed by atoms with E-state index in [2.05, 4.69) is 5.32 Å². The van der Waals surface area contributed by atoms with Crippen LogP contribution in [0.1, 0.15) is 26.3 Å². The van der Waals surface area contributed by atoms with Crippen LogP contribution in [0.4, 0.5) is 0 Å². The second kappa shape index (κ2) is 8.47. The predicted octanol–water partition coefficient (Wildman–Crippen LogP) is 2.38. The highest BCUT2D eigenvalue weighted by Crippen LogP contribution is 2.25. The zero-order valence-electron chi connectivity index (χ0n) is 15.2. The highest BCUT2D eigenvalue weighted by atomic mass is 16.6. The third-order valence-corrected chi connectivity index (χ3v) is 3.97. The van der Waals surface area contributed by atoms with Gasteiger partial charge in [0.25, 0.3) is 0 Å². The van der Waals surface area contributed by atoms with Crippen molar-refractivity contribution in [3.63, 3.8) is 0 Å². The highest BCUT2D eigenvalue weighted by Gasteiger charge is 2.50. The van der Waals surface area contributed by atoms with Crippen LogP contribution < -0.4 is 5.32 Å². The largest absolute Gasteiger partial charge is 0.464 e. The topological polar surface area (TPSA) is 81.7 Å². The number of rotatable bonds is 7. The Hall–Kier alpha value is -2.89. The molecule has 2 rings (SSSR count). The van der Waals surface area contributed by atoms with E-state index in [1.807, 2.05) is 42.5 Å². The van der Waals surface area contributed by atoms with Gasteiger partial charge in [0.15, 0.2) is 0 Å². The quantitative estimate of drug-likeness (QED) is 0.608. The van der Waals surface area contributed by atoms with Gasteiger partial charge in [0, 0.05) is 13.3 Å². The first-order valence-corrected chi connectivity index (χ1v) is 8.54. The summed E-state index contributed by atoms with van der Waals surface area (Å²) in [5, 5.41) is 4.34. The van der Waals surface area contributed by atoms with Gasteiger partial charge in [-0.05, 0) is 30.2 Å². The molecule has 2 aromatic carbocycles. The number of carbonyl (C=O) groups excluding carboxylic acids is 3. The van der Waals surface area contributed by atoms with Crippen LogP contribution in [0.15, 0.2) is 42.5 Å². The Kier molecular flexibility index (Phi) is 6.33. The smallest absolute Gasteiger partial charge is 0.344 e. The van der Waals surface area contributed by atoms with Crippen molar-refractivity contribution in [1.82, 2.24) is 5.32 Å². The fourth-order valence-corrected chi connectivity index (χ4v) is 2.92. The molecule has 2 aromatic rings. The van der Waals surface area contributed by atoms with E-state index >= 15 is 0 Å². The lowest BCUT2D eigenvalue weighted by atomic mass is 9.88. The molecule has 6 nitrogen and oxygen atoms in total. The number of esters is 2. The van der Waals surface area contributed by atoms with Gasteiger partial charge in [-0.25, -0.2) is 9.59 Å². The summed E-state index contributed by atoms with van der Waals surface area (Å²) in [5.74, 6) is -2.19. The average molecular weight is 357 g/mol. The minimum atomic E-state index is -1.93. The van der Waals surface area contributed by atoms with Gasteiger partial charge in [0.2, 0.25) is 11.4 Å². The lowest BCUT2D eigenvalue weighted by Crippen LogP contribution is -2.62. The maximum absolute atomic E-state index is 12.7. The molecule has 6 heteroatoms. The molecule has 0 aromatic heterocycles. The first-order valence-electron chi connectivity index (χ1n) is 8.54. The standard InChI is InChI=1S/C20H23NO5/c1-4-25-18(23)20(21-14(3)22,19(24)26-5-2)13-16-11-8-10-15-9-6-7-12-17(15)16/h6-12H,4-5,13H2,1-3H3,(H,21,22). The number of carbonyl (C=O) groups is 3. The number of amides is 1. The van der Waals surface area contributed by atoms with Gasteiger partial charge < -0.3 is 14.8 Å². The molecule has 0 unspecified atom stereocenters. The Bertz CT molecular complexity index is 791. The number of ether oxygens (including phenoxy) is 2. The first kappa shape index (κ1) is 19.4. The van der Waals surface area contributed by atoms with Crippen molar-refractivity contribution in [2.45, 2.75) is 32.7 Å². The number of nitrogens with one attached hydrogen (secondary N) is 1. The molecule has 0 heterocycles. The van der Waals surface area contributed by atoms with Gasteiger partial charge in [-0.1, -0.05) is 42.5 Å². The number of benzene rings is 2. The van der Waals surface area contributed by atoms with Crippen LogP contribution in [0.5, 0.6) is 0 Å². The molecule has 0 saturated heterocycles. The van der Waals surface area contributed by atoms with Crippen molar-refractivity contribution >= 4 is 28.6 Å². The van der Waals surface area contributed by atoms with Gasteiger partial charge >= 0.3 is 11.9 Å². The molecule has 0 aliphatic rings. The minimum absolute atomic E-state index is 0.0639. The summed E-state index contributed by atoms with van der Waals surface area (Å²) in [7, 11) is 0. The zero-order chi connectivity index (χ0) is 19.2. The third-order valence-electron chi connectivity index (χ3n) is 3.97. The summed E-state index contributed by atoms with van der Waals surface area (Å²) in [5.41, 5.74) is -1.19. The highest BCUT2D eigenvalue weighted by molar-refractivity contribution is 6.08. The molecule has 0 saturated carbocycles. The molecular weight excluding hydrogens is 334 g/mol. The Labute approximate surface area is 152 Å². The fourth-order valence-electron chi connectivity index (χ4n) is 2.92. The van der Waals surface area contributed by atoms with Crippen LogP contribution in [-0.2, 0) is 30.3 Å². The van der Waals surface area contributed by atoms with Gasteiger partial charge in [0.05, 0.1) is 13.2 Å². The molecular formula is C20H23NO5. The van der Waals surface area contributed by atoms with Crippen molar-refractivity contribution < 1.29 is 23.9 Å². The van der Waals surface area contributed by atoms with Crippen LogP contribution in [0.25, 0.3) is 10.8 Å². The van der Waals surface area contributed by atoms with E-state index in [1.54, 1.807) is 13.8 Å². The Balaban J connectivity index is 2.58. The van der Waals surface area contributed by atoms with Crippen molar-refractivity contribution in [2.75, 3.05) is 13.2 Å². The maximum atomic E-state index is 12.7. The molecule has 0 bridgehead atoms. The van der Waals surface area contributed by atoms with E-state index in [-0.39, 0.29) is 19.6 Å². The second-order valence-electron chi connectivity index (χ2n) is 5.84. The van der Waals surface area contributed by atoms with E-state index in [0.29, 0.717) is 0 Å². The molecule has 0 spiro atoms. The maximum Gasteiger partial charge on any atom is 0.344 e. The molecule has 26 heavy (non-hydrogen) atoms. The summed E-state index contributed by atoms with van der Waals surface area (Å²) in [6, 6.07) is 13.2. The Morgan fingerprint density at radius 2 is 1.50 bits per heavy atom. The minimum Gasteiger partial charge on any atom is -0.464 e. The van der Waals surface area contributed by atoms with Crippen molar-refractivity contribution in [2.24, 2.45) is 0 Å². The number of hydrogen-bond donors (Lipinski definition) is 1. The van der Waals surface area contributed by atoms with E-state index in [0.717, 1.165) is 16.3 Å². The van der Waals surface area contributed by atoms with Gasteiger partial charge in [-0.15, -0.1) is 0 Å². The van der Waals surface area contributed by atoms with Gasteiger partial charge in [-0.2, -0.15) is 0 Å². The van der Waals surface area contributed by atoms with Crippen LogP contribution in [0.2, 0.25) is 0 Å². The number of fused-ring (bicyclic) bond motifs is 1. The molecule has 1 N–H and O–H groups in total. The molecule has 0 aliphatic heterocycles. The van der Waals surface area contributed by atoms with E-state index < -0.39 is 23.4 Å². The van der Waals surface area contributed by atoms with Crippen LogP contribution in [0, 0.1) is 0 Å². The lowest BCUT2D eigenvalue weighted by molar-refractivity contribution is -0.167. The average Bonchev–Trinajstić information content (AvgIpc) is 2.61. The van der Waals surface area contributed by atoms with Crippen molar-refractivity contribution in [3.8, 4) is 0 Å². The van der Waals surface area contributed by atoms with E-state index in [9.17, 15) is 14.4 Å². The van der Waals surface area contributed by atoms with Crippen LogP contribution in [-0.4, -0.2) is 36.6 Å². The SMILES string of the molecule is CCOC(=O)C(Cc1cccc2ccccc12)(NC(C)=O)C(=O)OCC. The second-order valence-corrected chi connectivity index (χ2v) is 5.84. The Morgan fingerprint density at radius 1 is 0.923 bits per heavy atom. The summed E-state index contributed by atoms with van der Waals surface area (Å²) < 4.78 is 10.2. The molecule has 0 atom stereocenters. The zero-order valence-corrected chi connectivity index (χ0v) is 15.2. The predicted molar refractivity (Wildman–Crippen MR) is 97.5 cm³/mol. The van der Waals surface area contributed by atoms with Crippen LogP contribution in [0.3, 0.4) is 0 Å². The summed E-state index contributed by atoms with van der Waals surface area (Å²) in [4.78, 5) is 37.2. The molecule has 138 valence electrons.